The Morgan fingerprint density at radius 3 is 2.34 bits per heavy atom. The van der Waals surface area contributed by atoms with E-state index in [0.717, 1.165) is 17.7 Å². The number of carboxylic acids is 1. The highest BCUT2D eigenvalue weighted by Crippen LogP contribution is 2.41. The monoisotopic (exact) mass is 537 g/mol. The fourth-order valence-corrected chi connectivity index (χ4v) is 4.14. The standard InChI is InChI=1S/C30H32ClNO6/c1-30(2,3)19-32(26(33)15-16-27(34)35)24-14-13-21(31)17-23(24)28(36)22-11-8-12-25(29(22)37-4)38-18-20-9-6-5-7-10-20/h5-17,28,36H,18-19H2,1-4H3,(H,34,35). The third kappa shape index (κ3) is 7.60. The Balaban J connectivity index is 2.05. The first-order chi connectivity index (χ1) is 18.0. The molecule has 8 heteroatoms. The van der Waals surface area contributed by atoms with Crippen LogP contribution in [0.3, 0.4) is 0 Å². The fourth-order valence-electron chi connectivity index (χ4n) is 3.96. The minimum Gasteiger partial charge on any atom is -0.492 e. The second-order valence-corrected chi connectivity index (χ2v) is 10.4. The average molecular weight is 538 g/mol. The summed E-state index contributed by atoms with van der Waals surface area (Å²) in [6, 6.07) is 19.7. The Hall–Kier alpha value is -3.81. The topological polar surface area (TPSA) is 96.3 Å². The fraction of sp³-hybridized carbons (Fsp3) is 0.267. The summed E-state index contributed by atoms with van der Waals surface area (Å²) < 4.78 is 11.7. The molecular formula is C30H32ClNO6. The molecule has 2 N–H and O–H groups in total. The number of hydrogen-bond donors (Lipinski definition) is 2. The van der Waals surface area contributed by atoms with Crippen LogP contribution in [-0.2, 0) is 16.2 Å². The van der Waals surface area contributed by atoms with E-state index >= 15 is 0 Å². The Morgan fingerprint density at radius 2 is 1.71 bits per heavy atom. The van der Waals surface area contributed by atoms with E-state index in [4.69, 9.17) is 26.2 Å². The molecule has 0 heterocycles. The van der Waals surface area contributed by atoms with Crippen molar-refractivity contribution >= 4 is 29.2 Å². The number of nitrogens with zero attached hydrogens (tertiary/aromatic N) is 1. The summed E-state index contributed by atoms with van der Waals surface area (Å²) in [5.41, 5.74) is 1.82. The lowest BCUT2D eigenvalue weighted by atomic mass is 9.93. The molecule has 0 aliphatic rings. The third-order valence-electron chi connectivity index (χ3n) is 5.59. The molecule has 0 fully saturated rings. The van der Waals surface area contributed by atoms with E-state index in [0.29, 0.717) is 39.9 Å². The largest absolute Gasteiger partial charge is 0.492 e. The van der Waals surface area contributed by atoms with E-state index in [2.05, 4.69) is 0 Å². The SMILES string of the molecule is COc1c(OCc2ccccc2)cccc1C(O)c1cc(Cl)ccc1N(CC(C)(C)C)C(=O)C=CC(=O)O. The highest BCUT2D eigenvalue weighted by atomic mass is 35.5. The van der Waals surface area contributed by atoms with Gasteiger partial charge in [-0.25, -0.2) is 4.79 Å². The van der Waals surface area contributed by atoms with Crippen LogP contribution in [0.5, 0.6) is 11.5 Å². The quantitative estimate of drug-likeness (QED) is 0.307. The maximum atomic E-state index is 13.1. The summed E-state index contributed by atoms with van der Waals surface area (Å²) >= 11 is 6.33. The van der Waals surface area contributed by atoms with Crippen LogP contribution < -0.4 is 14.4 Å². The number of halogens is 1. The van der Waals surface area contributed by atoms with Crippen LogP contribution in [0.15, 0.2) is 78.9 Å². The molecule has 0 aromatic heterocycles. The van der Waals surface area contributed by atoms with Crippen LogP contribution in [0, 0.1) is 5.41 Å². The van der Waals surface area contributed by atoms with Gasteiger partial charge in [0.2, 0.25) is 0 Å². The zero-order valence-electron chi connectivity index (χ0n) is 21.8. The maximum Gasteiger partial charge on any atom is 0.328 e. The van der Waals surface area contributed by atoms with Gasteiger partial charge in [0.05, 0.1) is 12.8 Å². The van der Waals surface area contributed by atoms with E-state index in [1.807, 2.05) is 51.1 Å². The van der Waals surface area contributed by atoms with E-state index in [1.165, 1.54) is 12.0 Å². The molecule has 0 saturated heterocycles. The Morgan fingerprint density at radius 1 is 1.00 bits per heavy atom. The number of carbonyl (C=O) groups is 2. The number of rotatable bonds is 10. The number of aliphatic carboxylic acids is 1. The average Bonchev–Trinajstić information content (AvgIpc) is 2.88. The van der Waals surface area contributed by atoms with Gasteiger partial charge < -0.3 is 24.6 Å². The van der Waals surface area contributed by atoms with E-state index in [1.54, 1.807) is 36.4 Å². The van der Waals surface area contributed by atoms with Gasteiger partial charge in [0.25, 0.3) is 5.91 Å². The van der Waals surface area contributed by atoms with Crippen molar-refractivity contribution < 1.29 is 29.3 Å². The van der Waals surface area contributed by atoms with Gasteiger partial charge in [-0.3, -0.25) is 4.79 Å². The zero-order chi connectivity index (χ0) is 27.9. The summed E-state index contributed by atoms with van der Waals surface area (Å²) in [7, 11) is 1.49. The highest BCUT2D eigenvalue weighted by Gasteiger charge is 2.28. The molecule has 0 radical (unpaired) electrons. The minimum atomic E-state index is -1.24. The van der Waals surface area contributed by atoms with Crippen LogP contribution >= 0.6 is 11.6 Å². The molecule has 7 nitrogen and oxygen atoms in total. The number of benzene rings is 3. The molecule has 0 bridgehead atoms. The molecule has 3 aromatic carbocycles. The molecule has 1 amide bonds. The summed E-state index contributed by atoms with van der Waals surface area (Å²) in [6.07, 6.45) is 0.551. The Bertz CT molecular complexity index is 1300. The predicted molar refractivity (Wildman–Crippen MR) is 148 cm³/mol. The normalized spacial score (nSPS) is 12.3. The Kier molecular flexibility index (Phi) is 9.55. The van der Waals surface area contributed by atoms with Crippen LogP contribution in [0.1, 0.15) is 43.6 Å². The maximum absolute atomic E-state index is 13.1. The first-order valence-corrected chi connectivity index (χ1v) is 12.4. The molecule has 1 unspecified atom stereocenters. The lowest BCUT2D eigenvalue weighted by molar-refractivity contribution is -0.131. The van der Waals surface area contributed by atoms with Crippen molar-refractivity contribution in [3.63, 3.8) is 0 Å². The number of methoxy groups -OCH3 is 1. The highest BCUT2D eigenvalue weighted by molar-refractivity contribution is 6.30. The van der Waals surface area contributed by atoms with E-state index in [-0.39, 0.29) is 12.0 Å². The summed E-state index contributed by atoms with van der Waals surface area (Å²) in [4.78, 5) is 25.6. The van der Waals surface area contributed by atoms with Crippen molar-refractivity contribution in [2.75, 3.05) is 18.6 Å². The van der Waals surface area contributed by atoms with Gasteiger partial charge in [-0.15, -0.1) is 0 Å². The number of anilines is 1. The molecule has 38 heavy (non-hydrogen) atoms. The van der Waals surface area contributed by atoms with Crippen LogP contribution in [0.2, 0.25) is 5.02 Å². The number of carbonyl (C=O) groups excluding carboxylic acids is 1. The van der Waals surface area contributed by atoms with E-state index < -0.39 is 18.0 Å². The molecule has 0 aliphatic carbocycles. The number of hydrogen-bond acceptors (Lipinski definition) is 5. The summed E-state index contributed by atoms with van der Waals surface area (Å²) in [6.45, 7) is 6.43. The number of aliphatic hydroxyl groups excluding tert-OH is 1. The van der Waals surface area contributed by atoms with Gasteiger partial charge in [0.1, 0.15) is 12.7 Å². The Labute approximate surface area is 227 Å². The molecule has 0 aliphatic heterocycles. The van der Waals surface area contributed by atoms with Crippen molar-refractivity contribution in [3.8, 4) is 11.5 Å². The van der Waals surface area contributed by atoms with E-state index in [9.17, 15) is 14.7 Å². The van der Waals surface area contributed by atoms with Gasteiger partial charge in [-0.1, -0.05) is 74.8 Å². The molecule has 0 spiro atoms. The zero-order valence-corrected chi connectivity index (χ0v) is 22.6. The molecule has 3 aromatic rings. The molecule has 200 valence electrons. The van der Waals surface area contributed by atoms with Crippen molar-refractivity contribution in [2.24, 2.45) is 5.41 Å². The summed E-state index contributed by atoms with van der Waals surface area (Å²) in [5, 5.41) is 21.0. The van der Waals surface area contributed by atoms with Crippen molar-refractivity contribution in [3.05, 3.63) is 101 Å². The lowest BCUT2D eigenvalue weighted by Gasteiger charge is -2.32. The van der Waals surface area contributed by atoms with Crippen LogP contribution in [-0.4, -0.2) is 35.7 Å². The van der Waals surface area contributed by atoms with Gasteiger partial charge >= 0.3 is 5.97 Å². The van der Waals surface area contributed by atoms with Crippen molar-refractivity contribution in [2.45, 2.75) is 33.5 Å². The van der Waals surface area contributed by atoms with Crippen molar-refractivity contribution in [1.29, 1.82) is 0 Å². The first-order valence-electron chi connectivity index (χ1n) is 12.0. The molecule has 3 rings (SSSR count). The number of carboxylic acid groups (broad SMARTS) is 1. The van der Waals surface area contributed by atoms with Gasteiger partial charge in [-0.05, 0) is 35.2 Å². The number of ether oxygens (including phenoxy) is 2. The molecule has 0 saturated carbocycles. The third-order valence-corrected chi connectivity index (χ3v) is 5.82. The van der Waals surface area contributed by atoms with Gasteiger partial charge in [0.15, 0.2) is 11.5 Å². The predicted octanol–water partition coefficient (Wildman–Crippen LogP) is 6.03. The second kappa shape index (κ2) is 12.6. The lowest BCUT2D eigenvalue weighted by Crippen LogP contribution is -2.37. The number of amides is 1. The minimum absolute atomic E-state index is 0.258. The number of para-hydroxylation sites is 1. The van der Waals surface area contributed by atoms with Crippen molar-refractivity contribution in [1.82, 2.24) is 0 Å². The van der Waals surface area contributed by atoms with Crippen LogP contribution in [0.25, 0.3) is 0 Å². The smallest absolute Gasteiger partial charge is 0.328 e. The summed E-state index contributed by atoms with van der Waals surface area (Å²) in [5.74, 6) is -0.975. The first kappa shape index (κ1) is 28.8. The van der Waals surface area contributed by atoms with Crippen LogP contribution in [0.4, 0.5) is 5.69 Å². The van der Waals surface area contributed by atoms with Gasteiger partial charge in [0, 0.05) is 34.8 Å². The second-order valence-electron chi connectivity index (χ2n) is 9.92. The molecule has 1 atom stereocenters. The number of aliphatic hydroxyl groups is 1. The molecular weight excluding hydrogens is 506 g/mol. The van der Waals surface area contributed by atoms with Gasteiger partial charge in [-0.2, -0.15) is 0 Å².